The van der Waals surface area contributed by atoms with E-state index in [4.69, 9.17) is 0 Å². The molecule has 2 aliphatic heterocycles. The number of hydrogen-bond donors (Lipinski definition) is 0. The molecule has 2 aliphatic rings. The standard InChI is InChI=1S/C17H26N4O/c1-4-6-14-11-18-13(2)19-15(14)21-10-8-17(12-21)7-5-9-20(3)16(17)22/h11H,4-10,12H2,1-3H3/t17-/m1/s1. The van der Waals surface area contributed by atoms with E-state index in [9.17, 15) is 4.79 Å². The lowest BCUT2D eigenvalue weighted by Crippen LogP contribution is -2.48. The molecular formula is C17H26N4O. The van der Waals surface area contributed by atoms with Crippen LogP contribution in [-0.4, -0.2) is 47.5 Å². The number of nitrogens with zero attached hydrogens (tertiary/aromatic N) is 4. The van der Waals surface area contributed by atoms with Gasteiger partial charge in [0.05, 0.1) is 5.41 Å². The van der Waals surface area contributed by atoms with Crippen molar-refractivity contribution in [2.24, 2.45) is 5.41 Å². The molecule has 1 spiro atoms. The summed E-state index contributed by atoms with van der Waals surface area (Å²) in [5, 5.41) is 0. The summed E-state index contributed by atoms with van der Waals surface area (Å²) in [6, 6.07) is 0. The Morgan fingerprint density at radius 3 is 2.91 bits per heavy atom. The minimum absolute atomic E-state index is 0.185. The minimum atomic E-state index is -0.185. The molecule has 3 heterocycles. The molecule has 5 heteroatoms. The van der Waals surface area contributed by atoms with Gasteiger partial charge in [-0.15, -0.1) is 0 Å². The number of rotatable bonds is 3. The third-order valence-electron chi connectivity index (χ3n) is 5.08. The second kappa shape index (κ2) is 5.86. The maximum absolute atomic E-state index is 12.7. The van der Waals surface area contributed by atoms with Crippen molar-refractivity contribution in [1.82, 2.24) is 14.9 Å². The Bertz CT molecular complexity index is 574. The Labute approximate surface area is 132 Å². The van der Waals surface area contributed by atoms with E-state index in [-0.39, 0.29) is 5.41 Å². The molecule has 3 rings (SSSR count). The van der Waals surface area contributed by atoms with Crippen LogP contribution in [0.1, 0.15) is 44.0 Å². The number of anilines is 1. The molecule has 2 saturated heterocycles. The van der Waals surface area contributed by atoms with Gasteiger partial charge in [-0.2, -0.15) is 0 Å². The molecule has 0 unspecified atom stereocenters. The predicted molar refractivity (Wildman–Crippen MR) is 86.9 cm³/mol. The first kappa shape index (κ1) is 15.3. The molecule has 5 nitrogen and oxygen atoms in total. The lowest BCUT2D eigenvalue weighted by atomic mass is 9.78. The lowest BCUT2D eigenvalue weighted by molar-refractivity contribution is -0.143. The zero-order valence-corrected chi connectivity index (χ0v) is 13.9. The van der Waals surface area contributed by atoms with E-state index in [0.717, 1.165) is 63.4 Å². The van der Waals surface area contributed by atoms with Gasteiger partial charge in [0.25, 0.3) is 0 Å². The topological polar surface area (TPSA) is 49.3 Å². The van der Waals surface area contributed by atoms with Gasteiger partial charge in [-0.25, -0.2) is 9.97 Å². The van der Waals surface area contributed by atoms with Crippen LogP contribution in [0.4, 0.5) is 5.82 Å². The van der Waals surface area contributed by atoms with Crippen molar-refractivity contribution in [1.29, 1.82) is 0 Å². The third kappa shape index (κ3) is 2.57. The first-order chi connectivity index (χ1) is 10.6. The molecule has 0 N–H and O–H groups in total. The maximum atomic E-state index is 12.7. The molecule has 1 amide bonds. The van der Waals surface area contributed by atoms with Crippen LogP contribution >= 0.6 is 0 Å². The van der Waals surface area contributed by atoms with Gasteiger partial charge in [0.1, 0.15) is 11.6 Å². The first-order valence-electron chi connectivity index (χ1n) is 8.39. The summed E-state index contributed by atoms with van der Waals surface area (Å²) in [5.74, 6) is 2.18. The van der Waals surface area contributed by atoms with Crippen LogP contribution in [0.25, 0.3) is 0 Å². The molecule has 0 radical (unpaired) electrons. The smallest absolute Gasteiger partial charge is 0.230 e. The molecule has 0 aliphatic carbocycles. The summed E-state index contributed by atoms with van der Waals surface area (Å²) in [6.07, 6.45) is 7.11. The van der Waals surface area contributed by atoms with Crippen molar-refractivity contribution in [2.75, 3.05) is 31.6 Å². The normalized spacial score (nSPS) is 25.3. The van der Waals surface area contributed by atoms with Crippen LogP contribution in [0.5, 0.6) is 0 Å². The van der Waals surface area contributed by atoms with E-state index in [1.807, 2.05) is 25.1 Å². The highest BCUT2D eigenvalue weighted by Gasteiger charge is 2.48. The van der Waals surface area contributed by atoms with Crippen molar-refractivity contribution >= 4 is 11.7 Å². The lowest BCUT2D eigenvalue weighted by Gasteiger charge is -2.37. The zero-order valence-electron chi connectivity index (χ0n) is 13.9. The molecule has 1 atom stereocenters. The second-order valence-electron chi connectivity index (χ2n) is 6.80. The van der Waals surface area contributed by atoms with Crippen molar-refractivity contribution in [2.45, 2.75) is 46.0 Å². The zero-order chi connectivity index (χ0) is 15.7. The average molecular weight is 302 g/mol. The average Bonchev–Trinajstić information content (AvgIpc) is 2.92. The Balaban J connectivity index is 1.86. The van der Waals surface area contributed by atoms with E-state index in [0.29, 0.717) is 5.91 Å². The summed E-state index contributed by atoms with van der Waals surface area (Å²) in [7, 11) is 1.93. The fourth-order valence-corrected chi connectivity index (χ4v) is 3.90. The van der Waals surface area contributed by atoms with E-state index < -0.39 is 0 Å². The van der Waals surface area contributed by atoms with Crippen molar-refractivity contribution in [3.05, 3.63) is 17.6 Å². The molecule has 1 aromatic heterocycles. The predicted octanol–water partition coefficient (Wildman–Crippen LogP) is 2.19. The molecule has 2 fully saturated rings. The number of aromatic nitrogens is 2. The minimum Gasteiger partial charge on any atom is -0.355 e. The number of piperidine rings is 1. The Hall–Kier alpha value is -1.65. The van der Waals surface area contributed by atoms with E-state index in [1.54, 1.807) is 0 Å². The fourth-order valence-electron chi connectivity index (χ4n) is 3.90. The third-order valence-corrected chi connectivity index (χ3v) is 5.08. The van der Waals surface area contributed by atoms with Crippen LogP contribution in [0.15, 0.2) is 6.20 Å². The fraction of sp³-hybridized carbons (Fsp3) is 0.706. The molecule has 1 aromatic rings. The van der Waals surface area contributed by atoms with Crippen LogP contribution < -0.4 is 4.90 Å². The van der Waals surface area contributed by atoms with Crippen LogP contribution in [-0.2, 0) is 11.2 Å². The summed E-state index contributed by atoms with van der Waals surface area (Å²) in [5.41, 5.74) is 1.02. The van der Waals surface area contributed by atoms with Crippen molar-refractivity contribution in [3.63, 3.8) is 0 Å². The summed E-state index contributed by atoms with van der Waals surface area (Å²) in [6.45, 7) is 6.74. The highest BCUT2D eigenvalue weighted by molar-refractivity contribution is 5.84. The van der Waals surface area contributed by atoms with Gasteiger partial charge in [-0.05, 0) is 32.6 Å². The number of amides is 1. The number of likely N-dealkylation sites (tertiary alicyclic amines) is 1. The molecule has 0 bridgehead atoms. The van der Waals surface area contributed by atoms with Gasteiger partial charge >= 0.3 is 0 Å². The molecule has 22 heavy (non-hydrogen) atoms. The van der Waals surface area contributed by atoms with Gasteiger partial charge < -0.3 is 9.80 Å². The van der Waals surface area contributed by atoms with Gasteiger partial charge in [-0.3, -0.25) is 4.79 Å². The number of carbonyl (C=O) groups is 1. The van der Waals surface area contributed by atoms with Crippen LogP contribution in [0, 0.1) is 12.3 Å². The van der Waals surface area contributed by atoms with E-state index in [2.05, 4.69) is 21.8 Å². The van der Waals surface area contributed by atoms with Gasteiger partial charge in [0.2, 0.25) is 5.91 Å². The second-order valence-corrected chi connectivity index (χ2v) is 6.80. The summed E-state index contributed by atoms with van der Waals surface area (Å²) >= 11 is 0. The maximum Gasteiger partial charge on any atom is 0.230 e. The molecule has 120 valence electrons. The summed E-state index contributed by atoms with van der Waals surface area (Å²) in [4.78, 5) is 25.9. The summed E-state index contributed by atoms with van der Waals surface area (Å²) < 4.78 is 0. The van der Waals surface area contributed by atoms with Crippen LogP contribution in [0.2, 0.25) is 0 Å². The van der Waals surface area contributed by atoms with E-state index in [1.165, 1.54) is 5.56 Å². The Morgan fingerprint density at radius 2 is 2.14 bits per heavy atom. The SMILES string of the molecule is CCCc1cnc(C)nc1N1CC[C@]2(CCCN(C)C2=O)C1. The van der Waals surface area contributed by atoms with Crippen LogP contribution in [0.3, 0.4) is 0 Å². The highest BCUT2D eigenvalue weighted by Crippen LogP contribution is 2.41. The first-order valence-corrected chi connectivity index (χ1v) is 8.39. The quantitative estimate of drug-likeness (QED) is 0.859. The van der Waals surface area contributed by atoms with Gasteiger partial charge in [-0.1, -0.05) is 13.3 Å². The Morgan fingerprint density at radius 1 is 1.32 bits per heavy atom. The molecule has 0 aromatic carbocycles. The number of carbonyl (C=O) groups excluding carboxylic acids is 1. The number of hydrogen-bond acceptors (Lipinski definition) is 4. The monoisotopic (exact) mass is 302 g/mol. The van der Waals surface area contributed by atoms with Crippen molar-refractivity contribution < 1.29 is 4.79 Å². The molecule has 0 saturated carbocycles. The highest BCUT2D eigenvalue weighted by atomic mass is 16.2. The largest absolute Gasteiger partial charge is 0.355 e. The Kier molecular flexibility index (Phi) is 4.06. The van der Waals surface area contributed by atoms with Gasteiger partial charge in [0.15, 0.2) is 0 Å². The number of aryl methyl sites for hydroxylation is 2. The van der Waals surface area contributed by atoms with Gasteiger partial charge in [0, 0.05) is 38.4 Å². The molecular weight excluding hydrogens is 276 g/mol. The van der Waals surface area contributed by atoms with E-state index >= 15 is 0 Å². The van der Waals surface area contributed by atoms with Crippen molar-refractivity contribution in [3.8, 4) is 0 Å².